The summed E-state index contributed by atoms with van der Waals surface area (Å²) in [4.78, 5) is 15.9. The molecule has 1 aliphatic rings. The molecule has 0 atom stereocenters. The lowest BCUT2D eigenvalue weighted by atomic mass is 9.94. The van der Waals surface area contributed by atoms with E-state index in [-0.39, 0.29) is 11.4 Å². The second-order valence-corrected chi connectivity index (χ2v) is 6.36. The van der Waals surface area contributed by atoms with Crippen molar-refractivity contribution in [1.29, 1.82) is 5.41 Å². The van der Waals surface area contributed by atoms with Crippen molar-refractivity contribution < 1.29 is 13.6 Å². The molecule has 0 spiro atoms. The van der Waals surface area contributed by atoms with Gasteiger partial charge in [0.25, 0.3) is 0 Å². The number of aromatic nitrogens is 1. The second kappa shape index (κ2) is 7.21. The van der Waals surface area contributed by atoms with Gasteiger partial charge in [-0.25, -0.2) is 9.37 Å². The van der Waals surface area contributed by atoms with Crippen LogP contribution in [0.5, 0.6) is 0 Å². The van der Waals surface area contributed by atoms with Crippen molar-refractivity contribution in [2.75, 3.05) is 5.32 Å². The van der Waals surface area contributed by atoms with E-state index in [1.807, 2.05) is 0 Å². The Hall–Kier alpha value is -2.80. The highest BCUT2D eigenvalue weighted by molar-refractivity contribution is 6.30. The number of amides is 1. The molecular formula is C18H15ClF2N4O. The minimum absolute atomic E-state index is 0.175. The van der Waals surface area contributed by atoms with E-state index in [0.717, 1.165) is 0 Å². The summed E-state index contributed by atoms with van der Waals surface area (Å²) in [6.45, 7) is 0. The molecule has 26 heavy (non-hydrogen) atoms. The van der Waals surface area contributed by atoms with Gasteiger partial charge >= 0.3 is 0 Å². The number of amidine groups is 1. The Labute approximate surface area is 153 Å². The summed E-state index contributed by atoms with van der Waals surface area (Å²) in [6, 6.07) is 6.84. The fourth-order valence-corrected chi connectivity index (χ4v) is 2.78. The van der Waals surface area contributed by atoms with Gasteiger partial charge in [-0.05, 0) is 43.2 Å². The smallest absolute Gasteiger partial charge is 0.236 e. The number of benzene rings is 1. The standard InChI is InChI=1S/C18H15ClF2N4O/c19-11-1-2-14(20)13(9-11)18(5-6-18)17(26)25-16(22)4-8-23-12-3-7-24-15(21)10-12/h1-4,7-10H,5-6H2,(H,23,24)(H2,22,25,26)/b8-4-. The molecule has 3 N–H and O–H groups in total. The van der Waals surface area contributed by atoms with E-state index in [1.165, 1.54) is 42.7 Å². The predicted octanol–water partition coefficient (Wildman–Crippen LogP) is 3.76. The lowest BCUT2D eigenvalue weighted by Crippen LogP contribution is -2.38. The second-order valence-electron chi connectivity index (χ2n) is 5.92. The first-order valence-electron chi connectivity index (χ1n) is 7.81. The highest BCUT2D eigenvalue weighted by Crippen LogP contribution is 2.49. The zero-order valence-corrected chi connectivity index (χ0v) is 14.3. The van der Waals surface area contributed by atoms with Crippen molar-refractivity contribution in [3.63, 3.8) is 0 Å². The van der Waals surface area contributed by atoms with Gasteiger partial charge in [0.15, 0.2) is 0 Å². The van der Waals surface area contributed by atoms with Crippen LogP contribution in [-0.4, -0.2) is 16.7 Å². The molecule has 1 amide bonds. The number of anilines is 1. The first-order valence-corrected chi connectivity index (χ1v) is 8.19. The van der Waals surface area contributed by atoms with Gasteiger partial charge in [-0.3, -0.25) is 10.2 Å². The third-order valence-corrected chi connectivity index (χ3v) is 4.34. The molecule has 0 aliphatic heterocycles. The molecule has 0 saturated heterocycles. The molecule has 8 heteroatoms. The van der Waals surface area contributed by atoms with Crippen LogP contribution in [0.25, 0.3) is 0 Å². The summed E-state index contributed by atoms with van der Waals surface area (Å²) in [5.41, 5.74) is -0.297. The van der Waals surface area contributed by atoms with Crippen LogP contribution in [0.2, 0.25) is 5.02 Å². The molecular weight excluding hydrogens is 362 g/mol. The molecule has 2 aromatic rings. The number of hydrogen-bond acceptors (Lipinski definition) is 4. The number of hydrogen-bond donors (Lipinski definition) is 3. The van der Waals surface area contributed by atoms with Crippen LogP contribution < -0.4 is 10.6 Å². The summed E-state index contributed by atoms with van der Waals surface area (Å²) in [6.07, 6.45) is 4.97. The minimum Gasteiger partial charge on any atom is -0.361 e. The molecule has 1 heterocycles. The number of carbonyl (C=O) groups excluding carboxylic acids is 1. The fourth-order valence-electron chi connectivity index (χ4n) is 2.61. The molecule has 134 valence electrons. The van der Waals surface area contributed by atoms with Crippen LogP contribution >= 0.6 is 11.6 Å². The predicted molar refractivity (Wildman–Crippen MR) is 95.1 cm³/mol. The van der Waals surface area contributed by atoms with Crippen LogP contribution in [-0.2, 0) is 10.2 Å². The van der Waals surface area contributed by atoms with Crippen LogP contribution in [0.3, 0.4) is 0 Å². The zero-order chi connectivity index (χ0) is 18.7. The normalized spacial score (nSPS) is 14.9. The summed E-state index contributed by atoms with van der Waals surface area (Å²) < 4.78 is 27.0. The van der Waals surface area contributed by atoms with Gasteiger partial charge in [0.05, 0.1) is 5.41 Å². The van der Waals surface area contributed by atoms with Gasteiger partial charge in [-0.2, -0.15) is 4.39 Å². The third-order valence-electron chi connectivity index (χ3n) is 4.10. The van der Waals surface area contributed by atoms with Crippen molar-refractivity contribution in [3.05, 3.63) is 71.2 Å². The summed E-state index contributed by atoms with van der Waals surface area (Å²) in [5.74, 6) is -1.76. The van der Waals surface area contributed by atoms with Crippen molar-refractivity contribution in [1.82, 2.24) is 10.3 Å². The Kier molecular flexibility index (Phi) is 4.99. The summed E-state index contributed by atoms with van der Waals surface area (Å²) >= 11 is 5.91. The van der Waals surface area contributed by atoms with Crippen molar-refractivity contribution in [2.24, 2.45) is 0 Å². The Balaban J connectivity index is 1.63. The molecule has 1 saturated carbocycles. The Morgan fingerprint density at radius 3 is 2.73 bits per heavy atom. The molecule has 1 aromatic heterocycles. The van der Waals surface area contributed by atoms with Crippen molar-refractivity contribution in [2.45, 2.75) is 18.3 Å². The molecule has 3 rings (SSSR count). The molecule has 1 aliphatic carbocycles. The van der Waals surface area contributed by atoms with E-state index in [0.29, 0.717) is 23.6 Å². The van der Waals surface area contributed by atoms with Crippen LogP contribution in [0.15, 0.2) is 48.8 Å². The number of halogens is 3. The van der Waals surface area contributed by atoms with E-state index in [9.17, 15) is 13.6 Å². The molecule has 5 nitrogen and oxygen atoms in total. The molecule has 1 aromatic carbocycles. The van der Waals surface area contributed by atoms with Crippen LogP contribution in [0, 0.1) is 17.2 Å². The topological polar surface area (TPSA) is 77.9 Å². The average molecular weight is 377 g/mol. The number of carbonyl (C=O) groups is 1. The van der Waals surface area contributed by atoms with Gasteiger partial charge in [0.1, 0.15) is 11.7 Å². The molecule has 0 bridgehead atoms. The number of pyridine rings is 1. The van der Waals surface area contributed by atoms with Gasteiger partial charge in [-0.1, -0.05) is 11.6 Å². The monoisotopic (exact) mass is 376 g/mol. The van der Waals surface area contributed by atoms with E-state index in [1.54, 1.807) is 6.07 Å². The Bertz CT molecular complexity index is 897. The summed E-state index contributed by atoms with van der Waals surface area (Å²) in [5, 5.41) is 13.4. The van der Waals surface area contributed by atoms with E-state index in [2.05, 4.69) is 15.6 Å². The highest BCUT2D eigenvalue weighted by atomic mass is 35.5. The maximum absolute atomic E-state index is 14.1. The van der Waals surface area contributed by atoms with Crippen LogP contribution in [0.4, 0.5) is 14.5 Å². The molecule has 0 unspecified atom stereocenters. The quantitative estimate of drug-likeness (QED) is 0.422. The number of rotatable bonds is 5. The fraction of sp³-hybridized carbons (Fsp3) is 0.167. The Morgan fingerprint density at radius 2 is 2.04 bits per heavy atom. The lowest BCUT2D eigenvalue weighted by molar-refractivity contribution is -0.122. The third kappa shape index (κ3) is 3.88. The lowest BCUT2D eigenvalue weighted by Gasteiger charge is -2.16. The maximum Gasteiger partial charge on any atom is 0.236 e. The first kappa shape index (κ1) is 18.0. The van der Waals surface area contributed by atoms with E-state index in [4.69, 9.17) is 17.0 Å². The van der Waals surface area contributed by atoms with Crippen molar-refractivity contribution >= 4 is 29.0 Å². The number of nitrogens with one attached hydrogen (secondary N) is 3. The van der Waals surface area contributed by atoms with Gasteiger partial charge < -0.3 is 10.6 Å². The highest BCUT2D eigenvalue weighted by Gasteiger charge is 2.53. The van der Waals surface area contributed by atoms with Crippen LogP contribution in [0.1, 0.15) is 18.4 Å². The van der Waals surface area contributed by atoms with Crippen molar-refractivity contribution in [3.8, 4) is 0 Å². The molecule has 0 radical (unpaired) electrons. The van der Waals surface area contributed by atoms with E-state index >= 15 is 0 Å². The Morgan fingerprint density at radius 1 is 1.27 bits per heavy atom. The number of nitrogens with zero attached hydrogens (tertiary/aromatic N) is 1. The SMILES string of the molecule is N=C(/C=C\Nc1ccnc(F)c1)NC(=O)C1(c2cc(Cl)ccc2F)CC1. The molecule has 1 fully saturated rings. The largest absolute Gasteiger partial charge is 0.361 e. The van der Waals surface area contributed by atoms with Gasteiger partial charge in [0.2, 0.25) is 11.9 Å². The summed E-state index contributed by atoms with van der Waals surface area (Å²) in [7, 11) is 0. The first-order chi connectivity index (χ1) is 12.4. The van der Waals surface area contributed by atoms with E-state index < -0.39 is 23.1 Å². The maximum atomic E-state index is 14.1. The van der Waals surface area contributed by atoms with Gasteiger partial charge in [-0.15, -0.1) is 0 Å². The zero-order valence-electron chi connectivity index (χ0n) is 13.5. The minimum atomic E-state index is -0.989. The average Bonchev–Trinajstić information content (AvgIpc) is 3.39. The van der Waals surface area contributed by atoms with Gasteiger partial charge in [0, 0.05) is 34.7 Å².